The van der Waals surface area contributed by atoms with Crippen LogP contribution in [0.2, 0.25) is 0 Å². The van der Waals surface area contributed by atoms with Gasteiger partial charge in [-0.25, -0.2) is 9.50 Å². The minimum absolute atomic E-state index is 0.0194. The van der Waals surface area contributed by atoms with Crippen LogP contribution in [0.1, 0.15) is 17.3 Å². The Bertz CT molecular complexity index is 1100. The predicted molar refractivity (Wildman–Crippen MR) is 99.8 cm³/mol. The first-order chi connectivity index (χ1) is 12.6. The predicted octanol–water partition coefficient (Wildman–Crippen LogP) is 4.05. The van der Waals surface area contributed by atoms with Crippen LogP contribution in [0, 0.1) is 0 Å². The zero-order valence-corrected chi connectivity index (χ0v) is 14.0. The summed E-state index contributed by atoms with van der Waals surface area (Å²) in [6.07, 6.45) is 3.56. The lowest BCUT2D eigenvalue weighted by Gasteiger charge is -2.07. The fraction of sp³-hybridized carbons (Fsp3) is 0.0500. The van der Waals surface area contributed by atoms with Gasteiger partial charge in [0.15, 0.2) is 11.4 Å². The maximum Gasteiger partial charge on any atom is 0.165 e. The largest absolute Gasteiger partial charge is 0.508 e. The number of aromatic nitrogens is 3. The smallest absolute Gasteiger partial charge is 0.165 e. The Morgan fingerprint density at radius 3 is 2.69 bits per heavy atom. The molecule has 6 heteroatoms. The number of nitrogens with one attached hydrogen (secondary N) is 1. The van der Waals surface area contributed by atoms with Gasteiger partial charge >= 0.3 is 0 Å². The van der Waals surface area contributed by atoms with E-state index in [-0.39, 0.29) is 11.5 Å². The SMILES string of the molecule is CC(=O)c1cccc(-c2cnn3ccc(Nc4ccc(O)cc4)nc23)c1. The van der Waals surface area contributed by atoms with E-state index in [1.54, 1.807) is 48.0 Å². The van der Waals surface area contributed by atoms with E-state index in [9.17, 15) is 9.90 Å². The van der Waals surface area contributed by atoms with Gasteiger partial charge in [-0.15, -0.1) is 0 Å². The minimum atomic E-state index is 0.0194. The highest BCUT2D eigenvalue weighted by molar-refractivity contribution is 5.95. The van der Waals surface area contributed by atoms with Crippen molar-refractivity contribution in [1.29, 1.82) is 0 Å². The number of ketones is 1. The number of aromatic hydroxyl groups is 1. The van der Waals surface area contributed by atoms with Crippen molar-refractivity contribution in [3.63, 3.8) is 0 Å². The third kappa shape index (κ3) is 3.00. The van der Waals surface area contributed by atoms with Crippen LogP contribution >= 0.6 is 0 Å². The average Bonchev–Trinajstić information content (AvgIpc) is 3.07. The Morgan fingerprint density at radius 2 is 1.92 bits per heavy atom. The van der Waals surface area contributed by atoms with E-state index in [4.69, 9.17) is 0 Å². The van der Waals surface area contributed by atoms with E-state index in [0.717, 1.165) is 16.8 Å². The van der Waals surface area contributed by atoms with E-state index < -0.39 is 0 Å². The molecule has 0 bridgehead atoms. The number of fused-ring (bicyclic) bond motifs is 1. The normalized spacial score (nSPS) is 10.8. The number of phenols is 1. The highest BCUT2D eigenvalue weighted by Crippen LogP contribution is 2.26. The number of hydrogen-bond donors (Lipinski definition) is 2. The first-order valence-corrected chi connectivity index (χ1v) is 8.12. The van der Waals surface area contributed by atoms with E-state index in [2.05, 4.69) is 15.4 Å². The molecule has 0 aliphatic carbocycles. The van der Waals surface area contributed by atoms with Crippen LogP contribution in [0.25, 0.3) is 16.8 Å². The van der Waals surface area contributed by atoms with Crippen LogP contribution in [0.5, 0.6) is 5.75 Å². The molecule has 2 N–H and O–H groups in total. The fourth-order valence-corrected chi connectivity index (χ4v) is 2.74. The highest BCUT2D eigenvalue weighted by Gasteiger charge is 2.11. The lowest BCUT2D eigenvalue weighted by Crippen LogP contribution is -1.97. The second kappa shape index (κ2) is 6.33. The summed E-state index contributed by atoms with van der Waals surface area (Å²) in [5, 5.41) is 16.9. The number of Topliss-reactive ketones (excluding diaryl/α,β-unsaturated/α-hetero) is 1. The van der Waals surface area contributed by atoms with Crippen LogP contribution in [0.15, 0.2) is 67.0 Å². The van der Waals surface area contributed by atoms with Gasteiger partial charge in [-0.1, -0.05) is 18.2 Å². The van der Waals surface area contributed by atoms with Gasteiger partial charge in [0.1, 0.15) is 11.6 Å². The molecule has 0 unspecified atom stereocenters. The molecule has 0 amide bonds. The molecule has 0 saturated carbocycles. The Kier molecular flexibility index (Phi) is 3.85. The summed E-state index contributed by atoms with van der Waals surface area (Å²) >= 11 is 0. The van der Waals surface area contributed by atoms with Crippen molar-refractivity contribution in [3.05, 3.63) is 72.6 Å². The molecule has 0 aliphatic heterocycles. The molecule has 2 heterocycles. The monoisotopic (exact) mass is 344 g/mol. The Labute approximate surface area is 149 Å². The third-order valence-corrected chi connectivity index (χ3v) is 4.09. The zero-order chi connectivity index (χ0) is 18.1. The van der Waals surface area contributed by atoms with Crippen LogP contribution in [-0.4, -0.2) is 25.5 Å². The molecule has 4 rings (SSSR count). The average molecular weight is 344 g/mol. The molecule has 0 saturated heterocycles. The number of rotatable bonds is 4. The Morgan fingerprint density at radius 1 is 1.12 bits per heavy atom. The first kappa shape index (κ1) is 15.8. The van der Waals surface area contributed by atoms with Crippen molar-refractivity contribution >= 4 is 22.9 Å². The molecule has 4 aromatic rings. The number of benzene rings is 2. The minimum Gasteiger partial charge on any atom is -0.508 e. The van der Waals surface area contributed by atoms with Crippen molar-refractivity contribution in [2.24, 2.45) is 0 Å². The number of anilines is 2. The molecule has 0 aliphatic rings. The molecule has 0 radical (unpaired) electrons. The number of carbonyl (C=O) groups is 1. The highest BCUT2D eigenvalue weighted by atomic mass is 16.3. The van der Waals surface area contributed by atoms with E-state index >= 15 is 0 Å². The third-order valence-electron chi connectivity index (χ3n) is 4.09. The summed E-state index contributed by atoms with van der Waals surface area (Å²) in [6.45, 7) is 1.55. The molecule has 0 spiro atoms. The molecule has 0 fully saturated rings. The van der Waals surface area contributed by atoms with Gasteiger partial charge in [0.25, 0.3) is 0 Å². The summed E-state index contributed by atoms with van der Waals surface area (Å²) in [5.41, 5.74) is 3.90. The number of nitrogens with zero attached hydrogens (tertiary/aromatic N) is 3. The zero-order valence-electron chi connectivity index (χ0n) is 14.0. The van der Waals surface area contributed by atoms with Crippen molar-refractivity contribution in [3.8, 4) is 16.9 Å². The lowest BCUT2D eigenvalue weighted by molar-refractivity contribution is 0.101. The topological polar surface area (TPSA) is 79.5 Å². The van der Waals surface area contributed by atoms with Crippen molar-refractivity contribution in [1.82, 2.24) is 14.6 Å². The van der Waals surface area contributed by atoms with Gasteiger partial charge < -0.3 is 10.4 Å². The summed E-state index contributed by atoms with van der Waals surface area (Å²) in [4.78, 5) is 16.3. The van der Waals surface area contributed by atoms with E-state index in [1.165, 1.54) is 0 Å². The molecule has 128 valence electrons. The van der Waals surface area contributed by atoms with Gasteiger partial charge in [0.2, 0.25) is 0 Å². The van der Waals surface area contributed by atoms with Crippen LogP contribution in [0.4, 0.5) is 11.5 Å². The molecular formula is C20H16N4O2. The van der Waals surface area contributed by atoms with Crippen molar-refractivity contribution in [2.45, 2.75) is 6.92 Å². The summed E-state index contributed by atoms with van der Waals surface area (Å²) in [5.74, 6) is 0.890. The fourth-order valence-electron chi connectivity index (χ4n) is 2.74. The quantitative estimate of drug-likeness (QED) is 0.431. The molecule has 6 nitrogen and oxygen atoms in total. The maximum atomic E-state index is 11.6. The van der Waals surface area contributed by atoms with Gasteiger partial charge in [-0.05, 0) is 48.9 Å². The second-order valence-electron chi connectivity index (χ2n) is 5.95. The van der Waals surface area contributed by atoms with E-state index in [1.807, 2.05) is 30.5 Å². The molecule has 2 aromatic heterocycles. The number of phenolic OH excluding ortho intramolecular Hbond substituents is 1. The summed E-state index contributed by atoms with van der Waals surface area (Å²) in [7, 11) is 0. The lowest BCUT2D eigenvalue weighted by atomic mass is 10.0. The molecular weight excluding hydrogens is 328 g/mol. The molecule has 26 heavy (non-hydrogen) atoms. The Hall–Kier alpha value is -3.67. The summed E-state index contributed by atoms with van der Waals surface area (Å²) < 4.78 is 1.69. The number of hydrogen-bond acceptors (Lipinski definition) is 5. The van der Waals surface area contributed by atoms with Crippen LogP contribution in [-0.2, 0) is 0 Å². The van der Waals surface area contributed by atoms with Crippen molar-refractivity contribution in [2.75, 3.05) is 5.32 Å². The van der Waals surface area contributed by atoms with E-state index in [0.29, 0.717) is 17.0 Å². The van der Waals surface area contributed by atoms with Gasteiger partial charge in [-0.3, -0.25) is 4.79 Å². The maximum absolute atomic E-state index is 11.6. The first-order valence-electron chi connectivity index (χ1n) is 8.12. The summed E-state index contributed by atoms with van der Waals surface area (Å²) in [6, 6.07) is 16.0. The van der Waals surface area contributed by atoms with Crippen molar-refractivity contribution < 1.29 is 9.90 Å². The standard InChI is InChI=1S/C20H16N4O2/c1-13(25)14-3-2-4-15(11-14)18-12-21-24-10-9-19(23-20(18)24)22-16-5-7-17(26)8-6-16/h2-12,26H,1H3,(H,22,23). The Balaban J connectivity index is 1.74. The van der Waals surface area contributed by atoms with Crippen LogP contribution in [0.3, 0.4) is 0 Å². The van der Waals surface area contributed by atoms with Gasteiger partial charge in [0.05, 0.1) is 6.20 Å². The molecule has 0 atom stereocenters. The second-order valence-corrected chi connectivity index (χ2v) is 5.95. The molecule has 2 aromatic carbocycles. The van der Waals surface area contributed by atoms with Crippen LogP contribution < -0.4 is 5.32 Å². The van der Waals surface area contributed by atoms with Gasteiger partial charge in [-0.2, -0.15) is 5.10 Å². The number of carbonyl (C=O) groups excluding carboxylic acids is 1. The van der Waals surface area contributed by atoms with Gasteiger partial charge in [0, 0.05) is 23.0 Å².